The molecule has 0 saturated carbocycles. The largest absolute Gasteiger partial charge is 0.336 e. The van der Waals surface area contributed by atoms with Gasteiger partial charge in [0.1, 0.15) is 6.04 Å². The van der Waals surface area contributed by atoms with Crippen LogP contribution in [-0.2, 0) is 19.2 Å². The van der Waals surface area contributed by atoms with Crippen LogP contribution < -0.4 is 10.6 Å². The van der Waals surface area contributed by atoms with E-state index in [2.05, 4.69) is 20.8 Å². The molecular formula is C41H38N6O6. The third-order valence-corrected chi connectivity index (χ3v) is 9.12. The molecule has 2 aliphatic rings. The number of benzene rings is 4. The fourth-order valence-corrected chi connectivity index (χ4v) is 6.28. The average Bonchev–Trinajstić information content (AvgIpc) is 4.02. The van der Waals surface area contributed by atoms with Gasteiger partial charge in [-0.3, -0.25) is 33.9 Å². The first-order chi connectivity index (χ1) is 25.8. The molecule has 4 aromatic carbocycles. The quantitative estimate of drug-likeness (QED) is 0.0964. The number of rotatable bonds is 10. The van der Waals surface area contributed by atoms with E-state index in [1.165, 1.54) is 4.90 Å². The molecule has 0 radical (unpaired) electrons. The predicted octanol–water partition coefficient (Wildman–Crippen LogP) is 5.62. The van der Waals surface area contributed by atoms with Crippen LogP contribution >= 0.6 is 0 Å². The molecular weight excluding hydrogens is 672 g/mol. The molecule has 0 spiro atoms. The molecule has 2 fully saturated rings. The highest BCUT2D eigenvalue weighted by Crippen LogP contribution is 2.27. The number of nitrogens with zero attached hydrogens (tertiary/aromatic N) is 3. The molecule has 0 unspecified atom stereocenters. The number of hydrogen-bond donors (Lipinski definition) is 3. The Morgan fingerprint density at radius 2 is 1.23 bits per heavy atom. The maximum atomic E-state index is 13.0. The van der Waals surface area contributed by atoms with Crippen molar-refractivity contribution in [2.24, 2.45) is 0 Å². The molecule has 1 atom stereocenters. The zero-order valence-corrected chi connectivity index (χ0v) is 28.9. The number of carbonyl (C=O) groups is 6. The fourth-order valence-electron chi connectivity index (χ4n) is 6.28. The fraction of sp³-hybridized carbons (Fsp3) is 0.195. The van der Waals surface area contributed by atoms with Crippen molar-refractivity contribution < 1.29 is 28.8 Å². The first-order valence-electron chi connectivity index (χ1n) is 17.4. The Morgan fingerprint density at radius 3 is 1.83 bits per heavy atom. The summed E-state index contributed by atoms with van der Waals surface area (Å²) in [5.41, 5.74) is 5.42. The molecule has 2 saturated heterocycles. The van der Waals surface area contributed by atoms with Crippen molar-refractivity contribution in [1.29, 1.82) is 0 Å². The highest BCUT2D eigenvalue weighted by Gasteiger charge is 2.37. The molecule has 5 aromatic rings. The minimum atomic E-state index is -0.696. The lowest BCUT2D eigenvalue weighted by Crippen LogP contribution is -2.46. The second-order valence-corrected chi connectivity index (χ2v) is 12.6. The molecule has 3 N–H and O–H groups in total. The summed E-state index contributed by atoms with van der Waals surface area (Å²) < 4.78 is 0. The molecule has 0 bridgehead atoms. The molecule has 268 valence electrons. The number of aromatic nitrogens is 2. The standard InChI is InChI=1S/C29H25N5O4.C12H13NO2/c35-18-30-22-12-8-19(9-13-22)24-17-25(33-32-24)20-10-14-23(15-11-20)31-28(37)26-7-4-16-34(26)29(38)27(36)21-5-2-1-3-6-21;14-11(10-6-2-1-3-7-10)12(15)13-8-4-5-9-13/h1-3,5-6,8-15,17-18,26H,4,7,16H2,(H,30,35)(H,31,37)(H,32,33);1-3,6-7H,4-5,8-9H2/t26-;/m0./s1. The molecule has 12 nitrogen and oxygen atoms in total. The highest BCUT2D eigenvalue weighted by atomic mass is 16.2. The van der Waals surface area contributed by atoms with E-state index in [1.54, 1.807) is 83.8 Å². The Kier molecular flexibility index (Phi) is 11.6. The Hall–Kier alpha value is -6.69. The van der Waals surface area contributed by atoms with Gasteiger partial charge in [0.25, 0.3) is 11.8 Å². The Labute approximate surface area is 306 Å². The van der Waals surface area contributed by atoms with E-state index < -0.39 is 23.5 Å². The second-order valence-electron chi connectivity index (χ2n) is 12.6. The van der Waals surface area contributed by atoms with Crippen LogP contribution in [0.3, 0.4) is 0 Å². The highest BCUT2D eigenvalue weighted by molar-refractivity contribution is 6.43. The van der Waals surface area contributed by atoms with Crippen LogP contribution in [0.4, 0.5) is 11.4 Å². The summed E-state index contributed by atoms with van der Waals surface area (Å²) in [6, 6.07) is 32.9. The van der Waals surface area contributed by atoms with Crippen molar-refractivity contribution >= 4 is 47.1 Å². The van der Waals surface area contributed by atoms with E-state index in [9.17, 15) is 28.8 Å². The zero-order valence-electron chi connectivity index (χ0n) is 28.9. The van der Waals surface area contributed by atoms with E-state index in [0.29, 0.717) is 48.3 Å². The third kappa shape index (κ3) is 8.79. The SMILES string of the molecule is O=C(C(=O)N1CCCC1)c1ccccc1.O=CNc1ccc(-c2cc(-c3ccc(NC(=O)[C@@H]4CCCN4C(=O)C(=O)c4ccccc4)cc3)[nH]n2)cc1. The van der Waals surface area contributed by atoms with Gasteiger partial charge in [-0.05, 0) is 61.6 Å². The molecule has 53 heavy (non-hydrogen) atoms. The molecule has 7 rings (SSSR count). The maximum Gasteiger partial charge on any atom is 0.295 e. The minimum Gasteiger partial charge on any atom is -0.336 e. The summed E-state index contributed by atoms with van der Waals surface area (Å²) in [6.45, 7) is 1.81. The van der Waals surface area contributed by atoms with Crippen molar-refractivity contribution in [3.05, 3.63) is 126 Å². The average molecular weight is 711 g/mol. The molecule has 12 heteroatoms. The van der Waals surface area contributed by atoms with Gasteiger partial charge < -0.3 is 20.4 Å². The lowest BCUT2D eigenvalue weighted by molar-refractivity contribution is -0.132. The van der Waals surface area contributed by atoms with Gasteiger partial charge in [0, 0.05) is 47.7 Å². The van der Waals surface area contributed by atoms with Crippen molar-refractivity contribution in [1.82, 2.24) is 20.0 Å². The summed E-state index contributed by atoms with van der Waals surface area (Å²) in [5.74, 6) is -2.34. The number of likely N-dealkylation sites (tertiary alicyclic amines) is 2. The van der Waals surface area contributed by atoms with Crippen LogP contribution in [0.2, 0.25) is 0 Å². The number of ketones is 2. The molecule has 0 aliphatic carbocycles. The summed E-state index contributed by atoms with van der Waals surface area (Å²) in [4.78, 5) is 75.5. The van der Waals surface area contributed by atoms with E-state index >= 15 is 0 Å². The van der Waals surface area contributed by atoms with Gasteiger partial charge in [0.05, 0.1) is 11.4 Å². The van der Waals surface area contributed by atoms with Gasteiger partial charge in [0.2, 0.25) is 23.9 Å². The number of Topliss-reactive ketones (excluding diaryl/α,β-unsaturated/α-hetero) is 2. The van der Waals surface area contributed by atoms with Gasteiger partial charge in [-0.2, -0.15) is 5.10 Å². The third-order valence-electron chi connectivity index (χ3n) is 9.12. The summed E-state index contributed by atoms with van der Waals surface area (Å²) in [6.07, 6.45) is 3.80. The predicted molar refractivity (Wildman–Crippen MR) is 200 cm³/mol. The number of hydrogen-bond acceptors (Lipinski definition) is 7. The van der Waals surface area contributed by atoms with Crippen LogP contribution in [-0.4, -0.2) is 81.4 Å². The Balaban J connectivity index is 0.000000267. The minimum absolute atomic E-state index is 0.313. The van der Waals surface area contributed by atoms with Crippen LogP contribution in [0, 0.1) is 0 Å². The lowest BCUT2D eigenvalue weighted by atomic mass is 10.1. The normalized spacial score (nSPS) is 14.8. The maximum absolute atomic E-state index is 13.0. The van der Waals surface area contributed by atoms with Gasteiger partial charge in [-0.1, -0.05) is 84.9 Å². The zero-order chi connectivity index (χ0) is 37.2. The van der Waals surface area contributed by atoms with Crippen molar-refractivity contribution in [2.45, 2.75) is 31.7 Å². The second kappa shape index (κ2) is 17.0. The summed E-state index contributed by atoms with van der Waals surface area (Å²) in [7, 11) is 0. The molecule has 2 aliphatic heterocycles. The van der Waals surface area contributed by atoms with E-state index in [1.807, 2.05) is 36.4 Å². The smallest absolute Gasteiger partial charge is 0.295 e. The topological polar surface area (TPSA) is 162 Å². The van der Waals surface area contributed by atoms with Gasteiger partial charge in [0.15, 0.2) is 0 Å². The molecule has 4 amide bonds. The van der Waals surface area contributed by atoms with Crippen LogP contribution in [0.1, 0.15) is 46.4 Å². The van der Waals surface area contributed by atoms with Gasteiger partial charge in [-0.15, -0.1) is 0 Å². The van der Waals surface area contributed by atoms with Crippen LogP contribution in [0.25, 0.3) is 22.5 Å². The van der Waals surface area contributed by atoms with Crippen LogP contribution in [0.5, 0.6) is 0 Å². The number of nitrogens with one attached hydrogen (secondary N) is 3. The molecule has 3 heterocycles. The van der Waals surface area contributed by atoms with Gasteiger partial charge in [-0.25, -0.2) is 0 Å². The first-order valence-corrected chi connectivity index (χ1v) is 17.4. The van der Waals surface area contributed by atoms with E-state index in [-0.39, 0.29) is 11.8 Å². The summed E-state index contributed by atoms with van der Waals surface area (Å²) in [5, 5.41) is 12.9. The van der Waals surface area contributed by atoms with Crippen molar-refractivity contribution in [2.75, 3.05) is 30.3 Å². The van der Waals surface area contributed by atoms with Crippen molar-refractivity contribution in [3.63, 3.8) is 0 Å². The van der Waals surface area contributed by atoms with Gasteiger partial charge >= 0.3 is 0 Å². The summed E-state index contributed by atoms with van der Waals surface area (Å²) >= 11 is 0. The number of anilines is 2. The number of aromatic amines is 1. The number of carbonyl (C=O) groups excluding carboxylic acids is 6. The Bertz CT molecular complexity index is 2080. The number of amides is 4. The lowest BCUT2D eigenvalue weighted by Gasteiger charge is -2.23. The molecule has 1 aromatic heterocycles. The van der Waals surface area contributed by atoms with E-state index in [4.69, 9.17) is 0 Å². The first kappa shape index (κ1) is 36.1. The van der Waals surface area contributed by atoms with Crippen molar-refractivity contribution in [3.8, 4) is 22.5 Å². The Morgan fingerprint density at radius 1 is 0.660 bits per heavy atom. The monoisotopic (exact) mass is 710 g/mol. The van der Waals surface area contributed by atoms with Crippen LogP contribution in [0.15, 0.2) is 115 Å². The van der Waals surface area contributed by atoms with E-state index in [0.717, 1.165) is 48.4 Å². The number of H-pyrrole nitrogens is 1.